The fourth-order valence-electron chi connectivity index (χ4n) is 3.42. The summed E-state index contributed by atoms with van der Waals surface area (Å²) < 4.78 is 32.5. The number of likely N-dealkylation sites (tertiary alicyclic amines) is 1. The molecular formula is C21H19F2N3O2. The Bertz CT molecular complexity index is 1000. The molecule has 1 aliphatic rings. The van der Waals surface area contributed by atoms with Crippen LogP contribution in [0.15, 0.2) is 47.0 Å². The molecule has 0 spiro atoms. The second kappa shape index (κ2) is 7.50. The Morgan fingerprint density at radius 3 is 2.71 bits per heavy atom. The molecule has 1 amide bonds. The minimum absolute atomic E-state index is 0.118. The van der Waals surface area contributed by atoms with Crippen LogP contribution in [0.1, 0.15) is 40.6 Å². The molecule has 1 aromatic heterocycles. The first-order valence-electron chi connectivity index (χ1n) is 9.16. The molecule has 0 N–H and O–H groups in total. The van der Waals surface area contributed by atoms with Crippen molar-refractivity contribution in [2.45, 2.75) is 25.7 Å². The zero-order valence-electron chi connectivity index (χ0n) is 15.4. The molecule has 3 aromatic rings. The van der Waals surface area contributed by atoms with E-state index in [0.717, 1.165) is 36.1 Å². The monoisotopic (exact) mass is 383 g/mol. The minimum atomic E-state index is -0.855. The maximum absolute atomic E-state index is 14.0. The lowest BCUT2D eigenvalue weighted by molar-refractivity contribution is 0.0691. The van der Waals surface area contributed by atoms with Gasteiger partial charge in [0, 0.05) is 24.7 Å². The van der Waals surface area contributed by atoms with Crippen LogP contribution in [0.4, 0.5) is 8.78 Å². The molecule has 7 heteroatoms. The Kier molecular flexibility index (Phi) is 4.90. The minimum Gasteiger partial charge on any atom is -0.339 e. The van der Waals surface area contributed by atoms with E-state index in [1.807, 2.05) is 31.2 Å². The number of piperidine rings is 1. The van der Waals surface area contributed by atoms with Crippen LogP contribution in [0, 0.1) is 18.6 Å². The van der Waals surface area contributed by atoms with E-state index in [2.05, 4.69) is 10.1 Å². The van der Waals surface area contributed by atoms with E-state index in [4.69, 9.17) is 4.52 Å². The first-order valence-corrected chi connectivity index (χ1v) is 9.16. The van der Waals surface area contributed by atoms with Crippen molar-refractivity contribution in [3.05, 3.63) is 71.1 Å². The van der Waals surface area contributed by atoms with E-state index in [1.165, 1.54) is 6.07 Å². The van der Waals surface area contributed by atoms with Gasteiger partial charge in [0.1, 0.15) is 11.6 Å². The van der Waals surface area contributed by atoms with Gasteiger partial charge in [-0.3, -0.25) is 4.79 Å². The highest BCUT2D eigenvalue weighted by molar-refractivity contribution is 5.94. The number of carbonyl (C=O) groups is 1. The van der Waals surface area contributed by atoms with Gasteiger partial charge in [-0.05, 0) is 31.9 Å². The summed E-state index contributed by atoms with van der Waals surface area (Å²) in [5, 5.41) is 4.05. The van der Waals surface area contributed by atoms with Crippen LogP contribution in [-0.2, 0) is 0 Å². The van der Waals surface area contributed by atoms with Crippen LogP contribution in [0.2, 0.25) is 0 Å². The molecule has 0 radical (unpaired) electrons. The van der Waals surface area contributed by atoms with E-state index in [-0.39, 0.29) is 11.5 Å². The second-order valence-corrected chi connectivity index (χ2v) is 7.04. The largest absolute Gasteiger partial charge is 0.339 e. The maximum Gasteiger partial charge on any atom is 0.256 e. The molecule has 28 heavy (non-hydrogen) atoms. The maximum atomic E-state index is 14.0. The average molecular weight is 383 g/mol. The normalized spacial score (nSPS) is 17.0. The molecule has 0 bridgehead atoms. The smallest absolute Gasteiger partial charge is 0.256 e. The lowest BCUT2D eigenvalue weighted by Gasteiger charge is -2.31. The van der Waals surface area contributed by atoms with Crippen molar-refractivity contribution in [2.75, 3.05) is 13.1 Å². The van der Waals surface area contributed by atoms with Crippen LogP contribution in [-0.4, -0.2) is 34.0 Å². The zero-order chi connectivity index (χ0) is 19.7. The molecule has 0 aliphatic carbocycles. The van der Waals surface area contributed by atoms with Crippen molar-refractivity contribution in [3.8, 4) is 11.4 Å². The fourth-order valence-corrected chi connectivity index (χ4v) is 3.42. The molecule has 1 fully saturated rings. The van der Waals surface area contributed by atoms with E-state index in [9.17, 15) is 13.6 Å². The number of nitrogens with zero attached hydrogens (tertiary/aromatic N) is 3. The summed E-state index contributed by atoms with van der Waals surface area (Å²) in [6.45, 7) is 2.86. The number of hydrogen-bond acceptors (Lipinski definition) is 4. The summed E-state index contributed by atoms with van der Waals surface area (Å²) in [6.07, 6.45) is 1.53. The Morgan fingerprint density at radius 2 is 1.96 bits per heavy atom. The van der Waals surface area contributed by atoms with Gasteiger partial charge in [-0.1, -0.05) is 35.0 Å². The lowest BCUT2D eigenvalue weighted by atomic mass is 9.97. The highest BCUT2D eigenvalue weighted by Gasteiger charge is 2.30. The molecule has 5 nitrogen and oxygen atoms in total. The van der Waals surface area contributed by atoms with Crippen LogP contribution in [0.25, 0.3) is 11.4 Å². The molecule has 0 saturated carbocycles. The number of carbonyl (C=O) groups excluding carboxylic acids is 1. The first-order chi connectivity index (χ1) is 13.5. The van der Waals surface area contributed by atoms with Gasteiger partial charge in [0.15, 0.2) is 0 Å². The highest BCUT2D eigenvalue weighted by atomic mass is 19.1. The number of amides is 1. The number of benzene rings is 2. The number of aromatic nitrogens is 2. The van der Waals surface area contributed by atoms with E-state index in [1.54, 1.807) is 4.90 Å². The molecule has 1 saturated heterocycles. The average Bonchev–Trinajstić information content (AvgIpc) is 3.18. The van der Waals surface area contributed by atoms with Gasteiger partial charge in [0.2, 0.25) is 11.7 Å². The van der Waals surface area contributed by atoms with Gasteiger partial charge in [0.05, 0.1) is 11.5 Å². The van der Waals surface area contributed by atoms with Crippen LogP contribution in [0.3, 0.4) is 0 Å². The van der Waals surface area contributed by atoms with Gasteiger partial charge >= 0.3 is 0 Å². The highest BCUT2D eigenvalue weighted by Crippen LogP contribution is 2.28. The third-order valence-electron chi connectivity index (χ3n) is 4.97. The standard InChI is InChI=1S/C21H19F2N3O2/c1-13-4-6-14(7-5-13)19-24-20(28-25-19)15-3-2-10-26(12-15)21(27)17-9-8-16(22)11-18(17)23/h4-9,11,15H,2-3,10,12H2,1H3/t15-/m1/s1. The molecule has 2 aromatic carbocycles. The number of aryl methyl sites for hydroxylation is 1. The molecule has 4 rings (SSSR count). The molecule has 0 unspecified atom stereocenters. The van der Waals surface area contributed by atoms with Crippen LogP contribution in [0.5, 0.6) is 0 Å². The van der Waals surface area contributed by atoms with E-state index >= 15 is 0 Å². The topological polar surface area (TPSA) is 59.2 Å². The summed E-state index contributed by atoms with van der Waals surface area (Å²) >= 11 is 0. The van der Waals surface area contributed by atoms with Crippen LogP contribution >= 0.6 is 0 Å². The number of hydrogen-bond donors (Lipinski definition) is 0. The van der Waals surface area contributed by atoms with Gasteiger partial charge < -0.3 is 9.42 Å². The van der Waals surface area contributed by atoms with Gasteiger partial charge in [-0.15, -0.1) is 0 Å². The van der Waals surface area contributed by atoms with Gasteiger partial charge in [-0.25, -0.2) is 8.78 Å². The third-order valence-corrected chi connectivity index (χ3v) is 4.97. The Labute approximate surface area is 161 Å². The van der Waals surface area contributed by atoms with Gasteiger partial charge in [-0.2, -0.15) is 4.98 Å². The molecule has 2 heterocycles. The van der Waals surface area contributed by atoms with Crippen molar-refractivity contribution in [3.63, 3.8) is 0 Å². The van der Waals surface area contributed by atoms with Crippen molar-refractivity contribution >= 4 is 5.91 Å². The van der Waals surface area contributed by atoms with Crippen molar-refractivity contribution in [1.29, 1.82) is 0 Å². The summed E-state index contributed by atoms with van der Waals surface area (Å²) in [6, 6.07) is 10.8. The third kappa shape index (κ3) is 3.65. The number of halogens is 2. The Morgan fingerprint density at radius 1 is 1.18 bits per heavy atom. The van der Waals surface area contributed by atoms with E-state index in [0.29, 0.717) is 24.8 Å². The second-order valence-electron chi connectivity index (χ2n) is 7.04. The van der Waals surface area contributed by atoms with Crippen molar-refractivity contribution < 1.29 is 18.1 Å². The summed E-state index contributed by atoms with van der Waals surface area (Å²) in [4.78, 5) is 18.7. The molecule has 1 atom stereocenters. The molecular weight excluding hydrogens is 364 g/mol. The quantitative estimate of drug-likeness (QED) is 0.675. The molecule has 1 aliphatic heterocycles. The van der Waals surface area contributed by atoms with E-state index < -0.39 is 17.5 Å². The Balaban J connectivity index is 1.51. The Hall–Kier alpha value is -3.09. The first kappa shape index (κ1) is 18.3. The fraction of sp³-hybridized carbons (Fsp3) is 0.286. The van der Waals surface area contributed by atoms with Crippen molar-refractivity contribution in [2.24, 2.45) is 0 Å². The van der Waals surface area contributed by atoms with Crippen LogP contribution < -0.4 is 0 Å². The molecule has 144 valence electrons. The zero-order valence-corrected chi connectivity index (χ0v) is 15.4. The number of rotatable bonds is 3. The predicted octanol–water partition coefficient (Wildman–Crippen LogP) is 4.34. The SMILES string of the molecule is Cc1ccc(-c2noc([C@@H]3CCCN(C(=O)c4ccc(F)cc4F)C3)n2)cc1. The summed E-state index contributed by atoms with van der Waals surface area (Å²) in [5.41, 5.74) is 1.87. The van der Waals surface area contributed by atoms with Crippen molar-refractivity contribution in [1.82, 2.24) is 15.0 Å². The lowest BCUT2D eigenvalue weighted by Crippen LogP contribution is -2.39. The van der Waals surface area contributed by atoms with Gasteiger partial charge in [0.25, 0.3) is 5.91 Å². The summed E-state index contributed by atoms with van der Waals surface area (Å²) in [5.74, 6) is -1.17. The summed E-state index contributed by atoms with van der Waals surface area (Å²) in [7, 11) is 0. The predicted molar refractivity (Wildman–Crippen MR) is 98.7 cm³/mol.